The quantitative estimate of drug-likeness (QED) is 0.731. The molecule has 0 bridgehead atoms. The van der Waals surface area contributed by atoms with Crippen molar-refractivity contribution in [2.24, 2.45) is 0 Å². The minimum atomic E-state index is 0.0713. The molecule has 1 aromatic heterocycles. The van der Waals surface area contributed by atoms with Crippen LogP contribution in [0.25, 0.3) is 5.69 Å². The summed E-state index contributed by atoms with van der Waals surface area (Å²) in [4.78, 5) is 3.86. The van der Waals surface area contributed by atoms with Crippen LogP contribution in [0.1, 0.15) is 5.56 Å². The molecule has 2 aromatic rings. The summed E-state index contributed by atoms with van der Waals surface area (Å²) in [7, 11) is 0. The summed E-state index contributed by atoms with van der Waals surface area (Å²) in [5.74, 6) is 0.0713. The van der Waals surface area contributed by atoms with Gasteiger partial charge in [0.05, 0.1) is 11.9 Å². The van der Waals surface area contributed by atoms with Gasteiger partial charge in [-0.15, -0.1) is 0 Å². The number of hydrogen-bond donors (Lipinski definition) is 1. The van der Waals surface area contributed by atoms with Crippen LogP contribution in [-0.4, -0.2) is 14.7 Å². The van der Waals surface area contributed by atoms with Crippen molar-refractivity contribution in [2.75, 3.05) is 0 Å². The Morgan fingerprint density at radius 3 is 2.93 bits per heavy atom. The normalized spacial score (nSPS) is 9.64. The Balaban J connectivity index is 2.69. The highest BCUT2D eigenvalue weighted by molar-refractivity contribution is 5.57. The van der Waals surface area contributed by atoms with Crippen molar-refractivity contribution in [1.82, 2.24) is 9.55 Å². The van der Waals surface area contributed by atoms with Crippen molar-refractivity contribution >= 4 is 0 Å². The number of nitriles is 1. The molecule has 0 spiro atoms. The van der Waals surface area contributed by atoms with Crippen molar-refractivity contribution in [2.45, 2.75) is 0 Å². The first-order valence-corrected chi connectivity index (χ1v) is 4.03. The van der Waals surface area contributed by atoms with Gasteiger partial charge in [0.1, 0.15) is 17.5 Å². The van der Waals surface area contributed by atoms with Crippen molar-refractivity contribution in [3.8, 4) is 17.5 Å². The number of phenols is 1. The second-order valence-corrected chi connectivity index (χ2v) is 2.76. The molecule has 4 heteroatoms. The van der Waals surface area contributed by atoms with Gasteiger partial charge in [0.25, 0.3) is 0 Å². The molecule has 0 fully saturated rings. The standard InChI is InChI=1S/C10H7N3O/c11-6-8-2-1-3-9(14)10(8)13-5-4-12-7-13/h1-5,7,14H. The van der Waals surface area contributed by atoms with Crippen LogP contribution in [0.3, 0.4) is 0 Å². The van der Waals surface area contributed by atoms with Crippen LogP contribution in [0.2, 0.25) is 0 Å². The lowest BCUT2D eigenvalue weighted by molar-refractivity contribution is 0.472. The average molecular weight is 185 g/mol. The molecule has 1 aromatic carbocycles. The number of phenolic OH excluding ortho intramolecular Hbond substituents is 1. The van der Waals surface area contributed by atoms with Gasteiger partial charge in [0.2, 0.25) is 0 Å². The Bertz CT molecular complexity index is 483. The number of hydrogen-bond acceptors (Lipinski definition) is 3. The highest BCUT2D eigenvalue weighted by Gasteiger charge is 2.08. The second kappa shape index (κ2) is 3.23. The number of nitrogens with zero attached hydrogens (tertiary/aromatic N) is 3. The highest BCUT2D eigenvalue weighted by atomic mass is 16.3. The van der Waals surface area contributed by atoms with Crippen LogP contribution in [0.4, 0.5) is 0 Å². The topological polar surface area (TPSA) is 61.8 Å². The van der Waals surface area contributed by atoms with E-state index in [1.165, 1.54) is 12.4 Å². The third-order valence-electron chi connectivity index (χ3n) is 1.90. The Morgan fingerprint density at radius 1 is 1.43 bits per heavy atom. The fourth-order valence-electron chi connectivity index (χ4n) is 1.28. The van der Waals surface area contributed by atoms with E-state index in [0.717, 1.165) is 0 Å². The third-order valence-corrected chi connectivity index (χ3v) is 1.90. The molecule has 0 unspecified atom stereocenters. The van der Waals surface area contributed by atoms with Gasteiger partial charge in [-0.25, -0.2) is 4.98 Å². The third kappa shape index (κ3) is 1.21. The molecule has 0 radical (unpaired) electrons. The van der Waals surface area contributed by atoms with Gasteiger partial charge in [0.15, 0.2) is 0 Å². The van der Waals surface area contributed by atoms with E-state index < -0.39 is 0 Å². The van der Waals surface area contributed by atoms with Gasteiger partial charge in [-0.1, -0.05) is 6.07 Å². The molecular weight excluding hydrogens is 178 g/mol. The van der Waals surface area contributed by atoms with Crippen LogP contribution in [-0.2, 0) is 0 Å². The SMILES string of the molecule is N#Cc1cccc(O)c1-n1ccnc1. The number of para-hydroxylation sites is 1. The summed E-state index contributed by atoms with van der Waals surface area (Å²) in [6.45, 7) is 0. The summed E-state index contributed by atoms with van der Waals surface area (Å²) in [6, 6.07) is 6.84. The lowest BCUT2D eigenvalue weighted by atomic mass is 10.2. The summed E-state index contributed by atoms with van der Waals surface area (Å²) >= 11 is 0. The van der Waals surface area contributed by atoms with E-state index in [0.29, 0.717) is 11.3 Å². The van der Waals surface area contributed by atoms with Crippen molar-refractivity contribution in [3.05, 3.63) is 42.5 Å². The molecule has 1 heterocycles. The summed E-state index contributed by atoms with van der Waals surface area (Å²) in [5.41, 5.74) is 0.885. The first-order chi connectivity index (χ1) is 6.83. The Kier molecular flexibility index (Phi) is 1.92. The number of benzene rings is 1. The van der Waals surface area contributed by atoms with Gasteiger partial charge in [0, 0.05) is 12.4 Å². The molecule has 68 valence electrons. The van der Waals surface area contributed by atoms with Crippen LogP contribution in [0.15, 0.2) is 36.9 Å². The minimum absolute atomic E-state index is 0.0713. The van der Waals surface area contributed by atoms with Gasteiger partial charge < -0.3 is 9.67 Å². The summed E-state index contributed by atoms with van der Waals surface area (Å²) < 4.78 is 1.61. The molecule has 4 nitrogen and oxygen atoms in total. The molecule has 0 saturated carbocycles. The van der Waals surface area contributed by atoms with Gasteiger partial charge in [-0.05, 0) is 12.1 Å². The smallest absolute Gasteiger partial charge is 0.140 e. The van der Waals surface area contributed by atoms with Gasteiger partial charge in [-0.3, -0.25) is 0 Å². The molecule has 1 N–H and O–H groups in total. The largest absolute Gasteiger partial charge is 0.506 e. The van der Waals surface area contributed by atoms with E-state index in [9.17, 15) is 5.11 Å². The average Bonchev–Trinajstić information content (AvgIpc) is 2.70. The molecule has 2 rings (SSSR count). The molecule has 0 atom stereocenters. The van der Waals surface area contributed by atoms with Crippen molar-refractivity contribution < 1.29 is 5.11 Å². The minimum Gasteiger partial charge on any atom is -0.506 e. The maximum atomic E-state index is 9.59. The fourth-order valence-corrected chi connectivity index (χ4v) is 1.28. The second-order valence-electron chi connectivity index (χ2n) is 2.76. The van der Waals surface area contributed by atoms with Gasteiger partial charge in [-0.2, -0.15) is 5.26 Å². The van der Waals surface area contributed by atoms with Gasteiger partial charge >= 0.3 is 0 Å². The Morgan fingerprint density at radius 2 is 2.29 bits per heavy atom. The fraction of sp³-hybridized carbons (Fsp3) is 0. The first kappa shape index (κ1) is 8.32. The van der Waals surface area contributed by atoms with E-state index in [1.54, 1.807) is 29.1 Å². The molecule has 0 aliphatic heterocycles. The van der Waals surface area contributed by atoms with E-state index in [1.807, 2.05) is 6.07 Å². The molecule has 0 aliphatic carbocycles. The molecule has 0 aliphatic rings. The summed E-state index contributed by atoms with van der Waals surface area (Å²) in [5, 5.41) is 18.4. The zero-order chi connectivity index (χ0) is 9.97. The van der Waals surface area contributed by atoms with E-state index >= 15 is 0 Å². The van der Waals surface area contributed by atoms with E-state index in [2.05, 4.69) is 4.98 Å². The number of imidazole rings is 1. The maximum absolute atomic E-state index is 9.59. The highest BCUT2D eigenvalue weighted by Crippen LogP contribution is 2.24. The van der Waals surface area contributed by atoms with Crippen molar-refractivity contribution in [3.63, 3.8) is 0 Å². The maximum Gasteiger partial charge on any atom is 0.140 e. The zero-order valence-corrected chi connectivity index (χ0v) is 7.25. The van der Waals surface area contributed by atoms with Crippen LogP contribution < -0.4 is 0 Å². The molecular formula is C10H7N3O. The Labute approximate surface area is 80.7 Å². The van der Waals surface area contributed by atoms with Crippen LogP contribution in [0.5, 0.6) is 5.75 Å². The van der Waals surface area contributed by atoms with E-state index in [4.69, 9.17) is 5.26 Å². The van der Waals surface area contributed by atoms with E-state index in [-0.39, 0.29) is 5.75 Å². The monoisotopic (exact) mass is 185 g/mol. The first-order valence-electron chi connectivity index (χ1n) is 4.03. The molecule has 0 saturated heterocycles. The number of aromatic nitrogens is 2. The Hall–Kier alpha value is -2.28. The predicted octanol–water partition coefficient (Wildman–Crippen LogP) is 1.45. The zero-order valence-electron chi connectivity index (χ0n) is 7.25. The lowest BCUT2D eigenvalue weighted by Crippen LogP contribution is -1.94. The number of aromatic hydroxyl groups is 1. The predicted molar refractivity (Wildman–Crippen MR) is 49.9 cm³/mol. The molecule has 0 amide bonds. The van der Waals surface area contributed by atoms with Crippen LogP contribution >= 0.6 is 0 Å². The van der Waals surface area contributed by atoms with Crippen molar-refractivity contribution in [1.29, 1.82) is 5.26 Å². The summed E-state index contributed by atoms with van der Waals surface area (Å²) in [6.07, 6.45) is 4.80. The molecule has 14 heavy (non-hydrogen) atoms. The van der Waals surface area contributed by atoms with Crippen LogP contribution in [0, 0.1) is 11.3 Å². The lowest BCUT2D eigenvalue weighted by Gasteiger charge is -2.06. The number of rotatable bonds is 1.